The highest BCUT2D eigenvalue weighted by atomic mass is 79.9. The van der Waals surface area contributed by atoms with Gasteiger partial charge in [0.2, 0.25) is 0 Å². The second kappa shape index (κ2) is 5.85. The van der Waals surface area contributed by atoms with Crippen LogP contribution in [-0.4, -0.2) is 21.9 Å². The largest absolute Gasteiger partial charge is 0.380 e. The SMILES string of the molecule is NC1CCC(Nc2cnn(CC3CC3)c(=O)c2Br)CC1. The van der Waals surface area contributed by atoms with E-state index in [1.807, 2.05) is 0 Å². The van der Waals surface area contributed by atoms with Crippen LogP contribution in [0.2, 0.25) is 0 Å². The Morgan fingerprint density at radius 3 is 2.65 bits per heavy atom. The van der Waals surface area contributed by atoms with Gasteiger partial charge in [-0.25, -0.2) is 4.68 Å². The van der Waals surface area contributed by atoms with Crippen molar-refractivity contribution in [3.8, 4) is 0 Å². The van der Waals surface area contributed by atoms with Gasteiger partial charge in [-0.2, -0.15) is 5.10 Å². The van der Waals surface area contributed by atoms with Crippen molar-refractivity contribution in [3.63, 3.8) is 0 Å². The normalized spacial score (nSPS) is 26.5. The number of halogens is 1. The number of rotatable bonds is 4. The maximum atomic E-state index is 12.2. The molecular weight excluding hydrogens is 320 g/mol. The van der Waals surface area contributed by atoms with Crippen molar-refractivity contribution in [1.82, 2.24) is 9.78 Å². The second-order valence-electron chi connectivity index (χ2n) is 6.06. The van der Waals surface area contributed by atoms with E-state index in [1.165, 1.54) is 12.8 Å². The molecule has 1 aromatic rings. The lowest BCUT2D eigenvalue weighted by molar-refractivity contribution is 0.410. The van der Waals surface area contributed by atoms with Gasteiger partial charge in [0.05, 0.1) is 11.9 Å². The topological polar surface area (TPSA) is 72.9 Å². The molecule has 3 N–H and O–H groups in total. The minimum Gasteiger partial charge on any atom is -0.380 e. The third kappa shape index (κ3) is 3.23. The van der Waals surface area contributed by atoms with E-state index in [2.05, 4.69) is 26.3 Å². The molecule has 0 bridgehead atoms. The summed E-state index contributed by atoms with van der Waals surface area (Å²) in [5.41, 5.74) is 6.69. The molecule has 0 amide bonds. The van der Waals surface area contributed by atoms with Crippen molar-refractivity contribution in [3.05, 3.63) is 21.0 Å². The Balaban J connectivity index is 1.70. The van der Waals surface area contributed by atoms with Gasteiger partial charge in [-0.15, -0.1) is 0 Å². The highest BCUT2D eigenvalue weighted by Gasteiger charge is 2.24. The van der Waals surface area contributed by atoms with Crippen LogP contribution in [0.1, 0.15) is 38.5 Å². The molecule has 6 heteroatoms. The molecule has 20 heavy (non-hydrogen) atoms. The van der Waals surface area contributed by atoms with Crippen molar-refractivity contribution < 1.29 is 0 Å². The Labute approximate surface area is 127 Å². The van der Waals surface area contributed by atoms with Gasteiger partial charge in [-0.1, -0.05) is 0 Å². The minimum atomic E-state index is -0.0330. The van der Waals surface area contributed by atoms with Crippen LogP contribution in [0, 0.1) is 5.92 Å². The maximum absolute atomic E-state index is 12.2. The first-order valence-corrected chi connectivity index (χ1v) is 8.20. The molecular formula is C14H21BrN4O. The molecule has 2 aliphatic carbocycles. The van der Waals surface area contributed by atoms with Crippen molar-refractivity contribution in [2.45, 2.75) is 57.2 Å². The lowest BCUT2D eigenvalue weighted by atomic mass is 9.92. The van der Waals surface area contributed by atoms with E-state index in [4.69, 9.17) is 5.73 Å². The fraction of sp³-hybridized carbons (Fsp3) is 0.714. The fourth-order valence-corrected chi connectivity index (χ4v) is 3.15. The first kappa shape index (κ1) is 14.1. The summed E-state index contributed by atoms with van der Waals surface area (Å²) in [5.74, 6) is 0.644. The summed E-state index contributed by atoms with van der Waals surface area (Å²) in [6.07, 6.45) is 8.39. The predicted molar refractivity (Wildman–Crippen MR) is 82.8 cm³/mol. The summed E-state index contributed by atoms with van der Waals surface area (Å²) in [4.78, 5) is 12.2. The van der Waals surface area contributed by atoms with Crippen LogP contribution in [0.25, 0.3) is 0 Å². The van der Waals surface area contributed by atoms with Gasteiger partial charge >= 0.3 is 0 Å². The van der Waals surface area contributed by atoms with E-state index >= 15 is 0 Å². The average Bonchev–Trinajstić information content (AvgIpc) is 3.25. The molecule has 3 rings (SSSR count). The molecule has 5 nitrogen and oxygen atoms in total. The molecule has 2 fully saturated rings. The zero-order valence-electron chi connectivity index (χ0n) is 11.5. The summed E-state index contributed by atoms with van der Waals surface area (Å²) < 4.78 is 2.17. The Morgan fingerprint density at radius 1 is 1.30 bits per heavy atom. The van der Waals surface area contributed by atoms with Crippen molar-refractivity contribution in [2.75, 3.05) is 5.32 Å². The van der Waals surface area contributed by atoms with Gasteiger partial charge in [-0.05, 0) is 60.4 Å². The van der Waals surface area contributed by atoms with Crippen LogP contribution < -0.4 is 16.6 Å². The lowest BCUT2D eigenvalue weighted by Crippen LogP contribution is -2.34. The standard InChI is InChI=1S/C14H21BrN4O/c15-13-12(18-11-5-3-10(16)4-6-11)7-17-19(14(13)20)8-9-1-2-9/h7,9-11,18H,1-6,8,16H2. The number of hydrogen-bond donors (Lipinski definition) is 2. The number of anilines is 1. The quantitative estimate of drug-likeness (QED) is 0.880. The van der Waals surface area contributed by atoms with Gasteiger partial charge in [0, 0.05) is 18.6 Å². The number of nitrogens with two attached hydrogens (primary N) is 1. The van der Waals surface area contributed by atoms with Gasteiger partial charge in [0.1, 0.15) is 4.47 Å². The molecule has 0 aromatic carbocycles. The van der Waals surface area contributed by atoms with Crippen molar-refractivity contribution in [1.29, 1.82) is 0 Å². The Bertz CT molecular complexity index is 532. The summed E-state index contributed by atoms with van der Waals surface area (Å²) in [6, 6.07) is 0.729. The highest BCUT2D eigenvalue weighted by molar-refractivity contribution is 9.10. The summed E-state index contributed by atoms with van der Waals surface area (Å²) >= 11 is 3.42. The molecule has 0 radical (unpaired) electrons. The zero-order valence-corrected chi connectivity index (χ0v) is 13.1. The van der Waals surface area contributed by atoms with E-state index in [-0.39, 0.29) is 5.56 Å². The van der Waals surface area contributed by atoms with Gasteiger partial charge in [0.25, 0.3) is 5.56 Å². The summed E-state index contributed by atoms with van der Waals surface area (Å²) in [7, 11) is 0. The number of nitrogens with zero attached hydrogens (tertiary/aromatic N) is 2. The lowest BCUT2D eigenvalue weighted by Gasteiger charge is -2.27. The number of aromatic nitrogens is 2. The van der Waals surface area contributed by atoms with Crippen LogP contribution in [0.5, 0.6) is 0 Å². The summed E-state index contributed by atoms with van der Waals surface area (Å²) in [6.45, 7) is 0.746. The zero-order chi connectivity index (χ0) is 14.1. The molecule has 2 saturated carbocycles. The number of nitrogens with one attached hydrogen (secondary N) is 1. The van der Waals surface area contributed by atoms with E-state index < -0.39 is 0 Å². The van der Waals surface area contributed by atoms with Gasteiger partial charge < -0.3 is 11.1 Å². The molecule has 1 aromatic heterocycles. The minimum absolute atomic E-state index is 0.0330. The van der Waals surface area contributed by atoms with Gasteiger partial charge in [0.15, 0.2) is 0 Å². The van der Waals surface area contributed by atoms with Crippen LogP contribution in [0.3, 0.4) is 0 Å². The molecule has 0 spiro atoms. The Hall–Kier alpha value is -0.880. The van der Waals surface area contributed by atoms with Crippen molar-refractivity contribution >= 4 is 21.6 Å². The molecule has 110 valence electrons. The van der Waals surface area contributed by atoms with Crippen LogP contribution in [0.4, 0.5) is 5.69 Å². The molecule has 0 atom stereocenters. The second-order valence-corrected chi connectivity index (χ2v) is 6.85. The fourth-order valence-electron chi connectivity index (χ4n) is 2.72. The van der Waals surface area contributed by atoms with Crippen LogP contribution >= 0.6 is 15.9 Å². The molecule has 0 unspecified atom stereocenters. The van der Waals surface area contributed by atoms with E-state index in [0.717, 1.165) is 37.9 Å². The Kier molecular flexibility index (Phi) is 4.12. The first-order valence-electron chi connectivity index (χ1n) is 7.41. The van der Waals surface area contributed by atoms with Gasteiger partial charge in [-0.3, -0.25) is 4.79 Å². The average molecular weight is 341 g/mol. The monoisotopic (exact) mass is 340 g/mol. The Morgan fingerprint density at radius 2 is 2.00 bits per heavy atom. The van der Waals surface area contributed by atoms with Crippen LogP contribution in [-0.2, 0) is 6.54 Å². The number of hydrogen-bond acceptors (Lipinski definition) is 4. The molecule has 1 heterocycles. The summed E-state index contributed by atoms with van der Waals surface area (Å²) in [5, 5.41) is 7.72. The first-order chi connectivity index (χ1) is 9.63. The van der Waals surface area contributed by atoms with E-state index in [0.29, 0.717) is 22.5 Å². The van der Waals surface area contributed by atoms with Crippen molar-refractivity contribution in [2.24, 2.45) is 11.7 Å². The molecule has 0 aliphatic heterocycles. The smallest absolute Gasteiger partial charge is 0.283 e. The van der Waals surface area contributed by atoms with E-state index in [1.54, 1.807) is 10.9 Å². The molecule has 0 saturated heterocycles. The third-order valence-electron chi connectivity index (χ3n) is 4.24. The highest BCUT2D eigenvalue weighted by Crippen LogP contribution is 2.30. The maximum Gasteiger partial charge on any atom is 0.283 e. The van der Waals surface area contributed by atoms with E-state index in [9.17, 15) is 4.79 Å². The third-order valence-corrected chi connectivity index (χ3v) is 5.01. The molecule has 2 aliphatic rings. The van der Waals surface area contributed by atoms with Crippen LogP contribution in [0.15, 0.2) is 15.5 Å². The predicted octanol–water partition coefficient (Wildman–Crippen LogP) is 2.10.